The van der Waals surface area contributed by atoms with E-state index in [1.54, 1.807) is 0 Å². The molecule has 4 rings (SSSR count). The number of carbonyl (C=O) groups is 2. The van der Waals surface area contributed by atoms with Gasteiger partial charge >= 0.3 is 0 Å². The first-order chi connectivity index (χ1) is 16.0. The van der Waals surface area contributed by atoms with E-state index in [1.165, 1.54) is 10.5 Å². The molecule has 33 heavy (non-hydrogen) atoms. The molecule has 2 heterocycles. The number of carbonyl (C=O) groups excluding carboxylic acids is 2. The summed E-state index contributed by atoms with van der Waals surface area (Å²) in [5, 5.41) is -0.195. The molecule has 3 aromatic rings. The summed E-state index contributed by atoms with van der Waals surface area (Å²) < 4.78 is 7.68. The molecule has 1 aliphatic heterocycles. The molecule has 0 radical (unpaired) electrons. The van der Waals surface area contributed by atoms with Crippen LogP contribution in [0.2, 0.25) is 0 Å². The SMILES string of the molecule is CCOc1ccc(-n2c(C)cc(/C=C3/SC(=O)N(CCCc4ccccc4)C3=O)c2C)cc1. The van der Waals surface area contributed by atoms with Crippen molar-refractivity contribution in [1.29, 1.82) is 0 Å². The van der Waals surface area contributed by atoms with Gasteiger partial charge in [0.2, 0.25) is 0 Å². The van der Waals surface area contributed by atoms with E-state index in [1.807, 2.05) is 69.3 Å². The predicted molar refractivity (Wildman–Crippen MR) is 134 cm³/mol. The fourth-order valence-corrected chi connectivity index (χ4v) is 4.97. The average Bonchev–Trinajstić information content (AvgIpc) is 3.24. The number of hydrogen-bond donors (Lipinski definition) is 0. The summed E-state index contributed by atoms with van der Waals surface area (Å²) >= 11 is 1.02. The van der Waals surface area contributed by atoms with Gasteiger partial charge < -0.3 is 9.30 Å². The Morgan fingerprint density at radius 3 is 2.42 bits per heavy atom. The average molecular weight is 461 g/mol. The van der Waals surface area contributed by atoms with Crippen LogP contribution in [0.15, 0.2) is 65.6 Å². The summed E-state index contributed by atoms with van der Waals surface area (Å²) in [5.41, 5.74) is 5.26. The molecule has 1 aliphatic rings. The van der Waals surface area contributed by atoms with Gasteiger partial charge in [-0.3, -0.25) is 14.5 Å². The highest BCUT2D eigenvalue weighted by atomic mass is 32.2. The molecule has 0 saturated carbocycles. The molecule has 0 aliphatic carbocycles. The number of rotatable bonds is 8. The lowest BCUT2D eigenvalue weighted by atomic mass is 10.1. The summed E-state index contributed by atoms with van der Waals surface area (Å²) in [7, 11) is 0. The number of imide groups is 1. The monoisotopic (exact) mass is 460 g/mol. The van der Waals surface area contributed by atoms with Crippen LogP contribution in [-0.2, 0) is 11.2 Å². The van der Waals surface area contributed by atoms with Crippen LogP contribution < -0.4 is 4.74 Å². The standard InChI is InChI=1S/C27H28N2O3S/c1-4-32-24-14-12-23(13-15-24)29-19(2)17-22(20(29)3)18-25-26(30)28(27(31)33-25)16-8-11-21-9-6-5-7-10-21/h5-7,9-10,12-15,17-18H,4,8,11,16H2,1-3H3/b25-18+. The van der Waals surface area contributed by atoms with Crippen LogP contribution in [0.3, 0.4) is 0 Å². The number of benzene rings is 2. The molecule has 0 bridgehead atoms. The first-order valence-electron chi connectivity index (χ1n) is 11.2. The molecule has 0 N–H and O–H groups in total. The van der Waals surface area contributed by atoms with Crippen LogP contribution in [0.4, 0.5) is 4.79 Å². The van der Waals surface area contributed by atoms with Gasteiger partial charge in [-0.25, -0.2) is 0 Å². The molecule has 0 spiro atoms. The largest absolute Gasteiger partial charge is 0.494 e. The van der Waals surface area contributed by atoms with Crippen molar-refractivity contribution in [1.82, 2.24) is 9.47 Å². The molecular weight excluding hydrogens is 432 g/mol. The Kier molecular flexibility index (Phi) is 7.04. The molecule has 0 atom stereocenters. The maximum atomic E-state index is 12.9. The Morgan fingerprint density at radius 2 is 1.73 bits per heavy atom. The Bertz CT molecular complexity index is 1180. The van der Waals surface area contributed by atoms with Crippen molar-refractivity contribution in [2.24, 2.45) is 0 Å². The zero-order valence-corrected chi connectivity index (χ0v) is 20.0. The second kappa shape index (κ2) is 10.1. The molecule has 1 aromatic heterocycles. The quantitative estimate of drug-likeness (QED) is 0.378. The van der Waals surface area contributed by atoms with E-state index in [2.05, 4.69) is 22.8 Å². The van der Waals surface area contributed by atoms with E-state index in [9.17, 15) is 9.59 Å². The minimum atomic E-state index is -0.205. The fourth-order valence-electron chi connectivity index (χ4n) is 4.11. The van der Waals surface area contributed by atoms with Gasteiger partial charge in [0.25, 0.3) is 11.1 Å². The number of ether oxygens (including phenoxy) is 1. The lowest BCUT2D eigenvalue weighted by Gasteiger charge is -2.12. The number of thioether (sulfide) groups is 1. The van der Waals surface area contributed by atoms with Crippen LogP contribution in [-0.4, -0.2) is 33.8 Å². The Labute approximate surface area is 199 Å². The Hall–Kier alpha value is -3.25. The van der Waals surface area contributed by atoms with Crippen molar-refractivity contribution in [3.63, 3.8) is 0 Å². The highest BCUT2D eigenvalue weighted by Crippen LogP contribution is 2.34. The molecule has 1 fully saturated rings. The van der Waals surface area contributed by atoms with Gasteiger partial charge in [-0.05, 0) is 92.9 Å². The molecule has 1 saturated heterocycles. The maximum absolute atomic E-state index is 12.9. The summed E-state index contributed by atoms with van der Waals surface area (Å²) in [6.07, 6.45) is 3.43. The molecule has 170 valence electrons. The third-order valence-electron chi connectivity index (χ3n) is 5.73. The van der Waals surface area contributed by atoms with Gasteiger partial charge in [0.1, 0.15) is 5.75 Å². The zero-order valence-electron chi connectivity index (χ0n) is 19.2. The number of aromatic nitrogens is 1. The van der Waals surface area contributed by atoms with Crippen molar-refractivity contribution in [3.8, 4) is 11.4 Å². The van der Waals surface area contributed by atoms with E-state index in [4.69, 9.17) is 4.74 Å². The third-order valence-corrected chi connectivity index (χ3v) is 6.63. The topological polar surface area (TPSA) is 51.5 Å². The minimum absolute atomic E-state index is 0.195. The summed E-state index contributed by atoms with van der Waals surface area (Å²) in [6.45, 7) is 7.09. The molecule has 6 heteroatoms. The Balaban J connectivity index is 1.49. The lowest BCUT2D eigenvalue weighted by Crippen LogP contribution is -2.29. The van der Waals surface area contributed by atoms with Gasteiger partial charge in [0.15, 0.2) is 0 Å². The van der Waals surface area contributed by atoms with E-state index in [0.29, 0.717) is 18.1 Å². The second-order valence-electron chi connectivity index (χ2n) is 8.01. The van der Waals surface area contributed by atoms with E-state index in [0.717, 1.165) is 53.0 Å². The fraction of sp³-hybridized carbons (Fsp3) is 0.259. The summed E-state index contributed by atoms with van der Waals surface area (Å²) in [6, 6.07) is 20.1. The highest BCUT2D eigenvalue weighted by Gasteiger charge is 2.34. The zero-order chi connectivity index (χ0) is 23.4. The van der Waals surface area contributed by atoms with Gasteiger partial charge in [-0.2, -0.15) is 0 Å². The summed E-state index contributed by atoms with van der Waals surface area (Å²) in [5.74, 6) is 0.633. The summed E-state index contributed by atoms with van der Waals surface area (Å²) in [4.78, 5) is 27.3. The number of nitrogens with zero attached hydrogens (tertiary/aromatic N) is 2. The normalized spacial score (nSPS) is 15.0. The molecule has 5 nitrogen and oxygen atoms in total. The van der Waals surface area contributed by atoms with Crippen molar-refractivity contribution in [3.05, 3.63) is 88.1 Å². The molecule has 0 unspecified atom stereocenters. The number of hydrogen-bond acceptors (Lipinski definition) is 4. The minimum Gasteiger partial charge on any atom is -0.494 e. The van der Waals surface area contributed by atoms with Crippen LogP contribution >= 0.6 is 11.8 Å². The van der Waals surface area contributed by atoms with Gasteiger partial charge in [0.05, 0.1) is 11.5 Å². The first-order valence-corrected chi connectivity index (χ1v) is 12.0. The van der Waals surface area contributed by atoms with Gasteiger partial charge in [-0.1, -0.05) is 30.3 Å². The lowest BCUT2D eigenvalue weighted by molar-refractivity contribution is -0.122. The smallest absolute Gasteiger partial charge is 0.293 e. The Morgan fingerprint density at radius 1 is 1.00 bits per heavy atom. The second-order valence-corrected chi connectivity index (χ2v) is 9.00. The number of amides is 2. The van der Waals surface area contributed by atoms with E-state index >= 15 is 0 Å². The molecular formula is C27H28N2O3S. The maximum Gasteiger partial charge on any atom is 0.293 e. The third kappa shape index (κ3) is 5.06. The van der Waals surface area contributed by atoms with E-state index in [-0.39, 0.29) is 11.1 Å². The van der Waals surface area contributed by atoms with Crippen molar-refractivity contribution in [2.45, 2.75) is 33.6 Å². The van der Waals surface area contributed by atoms with Crippen LogP contribution in [0.5, 0.6) is 5.75 Å². The van der Waals surface area contributed by atoms with Gasteiger partial charge in [0, 0.05) is 23.6 Å². The first kappa shape index (κ1) is 22.9. The number of aryl methyl sites for hydroxylation is 2. The van der Waals surface area contributed by atoms with Crippen LogP contribution in [0, 0.1) is 13.8 Å². The van der Waals surface area contributed by atoms with Crippen molar-refractivity contribution in [2.75, 3.05) is 13.2 Å². The highest BCUT2D eigenvalue weighted by molar-refractivity contribution is 8.18. The van der Waals surface area contributed by atoms with Crippen LogP contribution in [0.1, 0.15) is 35.9 Å². The van der Waals surface area contributed by atoms with Crippen molar-refractivity contribution < 1.29 is 14.3 Å². The molecule has 2 aromatic carbocycles. The van der Waals surface area contributed by atoms with Crippen LogP contribution in [0.25, 0.3) is 11.8 Å². The molecule has 2 amide bonds. The van der Waals surface area contributed by atoms with Gasteiger partial charge in [-0.15, -0.1) is 0 Å². The predicted octanol–water partition coefficient (Wildman–Crippen LogP) is 6.16. The van der Waals surface area contributed by atoms with Crippen molar-refractivity contribution >= 4 is 29.0 Å². The van der Waals surface area contributed by atoms with E-state index < -0.39 is 0 Å².